The van der Waals surface area contributed by atoms with Crippen molar-refractivity contribution in [1.29, 1.82) is 0 Å². The number of aromatic nitrogens is 3. The molecule has 88 valence electrons. The molecule has 1 aliphatic heterocycles. The Morgan fingerprint density at radius 2 is 2.35 bits per heavy atom. The normalized spacial score (nSPS) is 19.7. The lowest BCUT2D eigenvalue weighted by Crippen LogP contribution is -2.16. The van der Waals surface area contributed by atoms with Crippen molar-refractivity contribution in [3.05, 3.63) is 29.2 Å². The average Bonchev–Trinajstić information content (AvgIpc) is 3.02. The van der Waals surface area contributed by atoms with E-state index in [1.807, 2.05) is 24.6 Å². The molecular formula is C12H14N4S. The monoisotopic (exact) mass is 246 g/mol. The zero-order valence-electron chi connectivity index (χ0n) is 9.68. The Hall–Kier alpha value is -1.33. The second-order valence-corrected chi connectivity index (χ2v) is 5.13. The van der Waals surface area contributed by atoms with E-state index >= 15 is 0 Å². The van der Waals surface area contributed by atoms with Crippen LogP contribution in [0.2, 0.25) is 0 Å². The summed E-state index contributed by atoms with van der Waals surface area (Å²) in [7, 11) is 0. The van der Waals surface area contributed by atoms with E-state index in [9.17, 15) is 0 Å². The van der Waals surface area contributed by atoms with Gasteiger partial charge in [-0.05, 0) is 32.4 Å². The molecule has 0 aliphatic carbocycles. The van der Waals surface area contributed by atoms with Gasteiger partial charge in [0.2, 0.25) is 0 Å². The van der Waals surface area contributed by atoms with Crippen LogP contribution in [-0.4, -0.2) is 21.5 Å². The molecule has 0 spiro atoms. The first kappa shape index (κ1) is 10.8. The van der Waals surface area contributed by atoms with Gasteiger partial charge in [-0.2, -0.15) is 0 Å². The Morgan fingerprint density at radius 3 is 3.06 bits per heavy atom. The lowest BCUT2D eigenvalue weighted by molar-refractivity contribution is 0.603. The van der Waals surface area contributed by atoms with Gasteiger partial charge >= 0.3 is 0 Å². The SMILES string of the molecule is Cc1cc(-c2nccs2)nc(C2CCCN2)n1. The van der Waals surface area contributed by atoms with Gasteiger partial charge in [-0.25, -0.2) is 15.0 Å². The fourth-order valence-electron chi connectivity index (χ4n) is 2.11. The van der Waals surface area contributed by atoms with Crippen molar-refractivity contribution >= 4 is 11.3 Å². The molecule has 1 saturated heterocycles. The quantitative estimate of drug-likeness (QED) is 0.883. The van der Waals surface area contributed by atoms with Crippen molar-refractivity contribution in [2.45, 2.75) is 25.8 Å². The van der Waals surface area contributed by atoms with Gasteiger partial charge in [0, 0.05) is 17.3 Å². The van der Waals surface area contributed by atoms with Crippen LogP contribution in [0, 0.1) is 6.92 Å². The van der Waals surface area contributed by atoms with Gasteiger partial charge < -0.3 is 5.32 Å². The van der Waals surface area contributed by atoms with E-state index in [-0.39, 0.29) is 0 Å². The van der Waals surface area contributed by atoms with Crippen LogP contribution < -0.4 is 5.32 Å². The number of hydrogen-bond donors (Lipinski definition) is 1. The van der Waals surface area contributed by atoms with Crippen LogP contribution in [0.3, 0.4) is 0 Å². The number of nitrogens with zero attached hydrogens (tertiary/aromatic N) is 3. The zero-order chi connectivity index (χ0) is 11.7. The number of thiazole rings is 1. The number of hydrogen-bond acceptors (Lipinski definition) is 5. The van der Waals surface area contributed by atoms with Crippen molar-refractivity contribution in [3.63, 3.8) is 0 Å². The molecule has 5 heteroatoms. The molecule has 1 N–H and O–H groups in total. The van der Waals surface area contributed by atoms with E-state index in [1.54, 1.807) is 11.3 Å². The summed E-state index contributed by atoms with van der Waals surface area (Å²) >= 11 is 1.61. The third kappa shape index (κ3) is 2.21. The van der Waals surface area contributed by atoms with Gasteiger partial charge in [-0.15, -0.1) is 11.3 Å². The third-order valence-electron chi connectivity index (χ3n) is 2.89. The predicted octanol–water partition coefficient (Wildman–Crippen LogP) is 2.33. The molecule has 0 radical (unpaired) electrons. The zero-order valence-corrected chi connectivity index (χ0v) is 10.5. The maximum Gasteiger partial charge on any atom is 0.146 e. The first-order valence-corrected chi connectivity index (χ1v) is 6.70. The average molecular weight is 246 g/mol. The molecule has 3 heterocycles. The van der Waals surface area contributed by atoms with Crippen LogP contribution in [0.1, 0.15) is 30.4 Å². The highest BCUT2D eigenvalue weighted by Crippen LogP contribution is 2.24. The first-order chi connectivity index (χ1) is 8.33. The van der Waals surface area contributed by atoms with Gasteiger partial charge in [-0.3, -0.25) is 0 Å². The maximum atomic E-state index is 4.63. The Kier molecular flexibility index (Phi) is 2.86. The number of aryl methyl sites for hydroxylation is 1. The summed E-state index contributed by atoms with van der Waals surface area (Å²) in [5.41, 5.74) is 1.95. The Balaban J connectivity index is 2.00. The molecule has 17 heavy (non-hydrogen) atoms. The molecule has 2 aromatic rings. The minimum atomic E-state index is 0.314. The highest BCUT2D eigenvalue weighted by molar-refractivity contribution is 7.13. The van der Waals surface area contributed by atoms with Gasteiger partial charge in [0.05, 0.1) is 6.04 Å². The van der Waals surface area contributed by atoms with Crippen LogP contribution in [0.25, 0.3) is 10.7 Å². The molecule has 3 rings (SSSR count). The van der Waals surface area contributed by atoms with Crippen molar-refractivity contribution < 1.29 is 0 Å². The third-order valence-corrected chi connectivity index (χ3v) is 3.69. The van der Waals surface area contributed by atoms with Gasteiger partial charge in [0.15, 0.2) is 0 Å². The van der Waals surface area contributed by atoms with E-state index in [4.69, 9.17) is 0 Å². The largest absolute Gasteiger partial charge is 0.307 e. The van der Waals surface area contributed by atoms with E-state index in [2.05, 4.69) is 20.3 Å². The summed E-state index contributed by atoms with van der Waals surface area (Å²) < 4.78 is 0. The van der Waals surface area contributed by atoms with E-state index in [0.29, 0.717) is 6.04 Å². The van der Waals surface area contributed by atoms with E-state index in [0.717, 1.165) is 35.2 Å². The standard InChI is InChI=1S/C12H14N4S/c1-8-7-10(12-14-5-6-17-12)16-11(15-8)9-3-2-4-13-9/h5-7,9,13H,2-4H2,1H3. The second kappa shape index (κ2) is 4.50. The molecule has 1 atom stereocenters. The molecule has 4 nitrogen and oxygen atoms in total. The summed E-state index contributed by atoms with van der Waals surface area (Å²) in [5.74, 6) is 0.910. The Bertz CT molecular complexity index is 503. The van der Waals surface area contributed by atoms with Gasteiger partial charge in [0.25, 0.3) is 0 Å². The van der Waals surface area contributed by atoms with Crippen molar-refractivity contribution in [3.8, 4) is 10.7 Å². The molecule has 0 bridgehead atoms. The smallest absolute Gasteiger partial charge is 0.146 e. The Labute approximate surface area is 104 Å². The van der Waals surface area contributed by atoms with Crippen molar-refractivity contribution in [2.24, 2.45) is 0 Å². The minimum absolute atomic E-state index is 0.314. The summed E-state index contributed by atoms with van der Waals surface area (Å²) in [5, 5.41) is 6.37. The lowest BCUT2D eigenvalue weighted by Gasteiger charge is -2.10. The highest BCUT2D eigenvalue weighted by Gasteiger charge is 2.20. The first-order valence-electron chi connectivity index (χ1n) is 5.82. The van der Waals surface area contributed by atoms with Crippen molar-refractivity contribution in [1.82, 2.24) is 20.3 Å². The van der Waals surface area contributed by atoms with Crippen LogP contribution in [0.15, 0.2) is 17.6 Å². The van der Waals surface area contributed by atoms with E-state index in [1.165, 1.54) is 6.42 Å². The van der Waals surface area contributed by atoms with Crippen LogP contribution in [0.4, 0.5) is 0 Å². The molecule has 0 saturated carbocycles. The summed E-state index contributed by atoms with van der Waals surface area (Å²) in [6.07, 6.45) is 4.14. The maximum absolute atomic E-state index is 4.63. The molecule has 2 aromatic heterocycles. The number of nitrogens with one attached hydrogen (secondary N) is 1. The molecule has 1 unspecified atom stereocenters. The molecule has 0 aromatic carbocycles. The summed E-state index contributed by atoms with van der Waals surface area (Å²) in [6.45, 7) is 3.08. The fraction of sp³-hybridized carbons (Fsp3) is 0.417. The highest BCUT2D eigenvalue weighted by atomic mass is 32.1. The molecule has 0 amide bonds. The molecule has 1 fully saturated rings. The van der Waals surface area contributed by atoms with Crippen LogP contribution >= 0.6 is 11.3 Å². The Morgan fingerprint density at radius 1 is 1.41 bits per heavy atom. The van der Waals surface area contributed by atoms with Gasteiger partial charge in [0.1, 0.15) is 16.5 Å². The van der Waals surface area contributed by atoms with Crippen LogP contribution in [0.5, 0.6) is 0 Å². The number of rotatable bonds is 2. The lowest BCUT2D eigenvalue weighted by atomic mass is 10.2. The fourth-order valence-corrected chi connectivity index (χ4v) is 2.71. The van der Waals surface area contributed by atoms with Crippen molar-refractivity contribution in [2.75, 3.05) is 6.54 Å². The summed E-state index contributed by atoms with van der Waals surface area (Å²) in [6, 6.07) is 2.31. The molecule has 1 aliphatic rings. The van der Waals surface area contributed by atoms with Crippen LogP contribution in [-0.2, 0) is 0 Å². The molecular weight excluding hydrogens is 232 g/mol. The second-order valence-electron chi connectivity index (χ2n) is 4.24. The minimum Gasteiger partial charge on any atom is -0.307 e. The summed E-state index contributed by atoms with van der Waals surface area (Å²) in [4.78, 5) is 13.5. The van der Waals surface area contributed by atoms with E-state index < -0.39 is 0 Å². The topological polar surface area (TPSA) is 50.7 Å². The van der Waals surface area contributed by atoms with Gasteiger partial charge in [-0.1, -0.05) is 0 Å². The predicted molar refractivity (Wildman–Crippen MR) is 67.9 cm³/mol.